The summed E-state index contributed by atoms with van der Waals surface area (Å²) in [5, 5.41) is 10.4. The molecule has 1 unspecified atom stereocenters. The second-order valence-corrected chi connectivity index (χ2v) is 8.86. The predicted molar refractivity (Wildman–Crippen MR) is 125 cm³/mol. The number of aliphatic hydroxyl groups is 1. The quantitative estimate of drug-likeness (QED) is 0.515. The summed E-state index contributed by atoms with van der Waals surface area (Å²) in [6, 6.07) is 18.4. The minimum atomic E-state index is -0.208. The van der Waals surface area contributed by atoms with Gasteiger partial charge >= 0.3 is 0 Å². The van der Waals surface area contributed by atoms with Gasteiger partial charge in [-0.05, 0) is 54.4 Å². The molecule has 1 aliphatic heterocycles. The Kier molecular flexibility index (Phi) is 7.37. The average Bonchev–Trinajstić information content (AvgIpc) is 2.94. The number of unbranched alkanes of at least 4 members (excludes halogenated alkanes) is 2. The van der Waals surface area contributed by atoms with E-state index in [0.717, 1.165) is 71.2 Å². The number of rotatable bonds is 8. The summed E-state index contributed by atoms with van der Waals surface area (Å²) in [5.41, 5.74) is 5.96. The van der Waals surface area contributed by atoms with Crippen molar-refractivity contribution in [3.63, 3.8) is 0 Å². The van der Waals surface area contributed by atoms with Crippen LogP contribution in [0.1, 0.15) is 54.0 Å². The third-order valence-corrected chi connectivity index (χ3v) is 6.80. The minimum Gasteiger partial charge on any atom is -0.392 e. The van der Waals surface area contributed by atoms with Crippen molar-refractivity contribution in [2.24, 2.45) is 0 Å². The van der Waals surface area contributed by atoms with Gasteiger partial charge in [-0.1, -0.05) is 61.0 Å². The first kappa shape index (κ1) is 21.3. The Hall–Kier alpha value is -1.94. The number of aryl methyl sites for hydroxylation is 2. The summed E-state index contributed by atoms with van der Waals surface area (Å²) in [4.78, 5) is 5.11. The summed E-state index contributed by atoms with van der Waals surface area (Å²) in [5.74, 6) is 0. The van der Waals surface area contributed by atoms with Gasteiger partial charge in [-0.25, -0.2) is 0 Å². The van der Waals surface area contributed by atoms with Crippen LogP contribution in [0.15, 0.2) is 61.2 Å². The monoisotopic (exact) mass is 404 g/mol. The lowest BCUT2D eigenvalue weighted by molar-refractivity contribution is 0.0581. The molecule has 2 aromatic carbocycles. The molecule has 1 saturated heterocycles. The SMILES string of the molecule is C=CCCCCC(O)CN1CCN(C2c3ccccc3CCc3ccccc32)CC1. The van der Waals surface area contributed by atoms with E-state index < -0.39 is 0 Å². The molecule has 1 aliphatic carbocycles. The molecule has 0 saturated carbocycles. The molecule has 2 aromatic rings. The Morgan fingerprint density at radius 3 is 2.10 bits per heavy atom. The van der Waals surface area contributed by atoms with Crippen LogP contribution in [0.3, 0.4) is 0 Å². The van der Waals surface area contributed by atoms with E-state index in [2.05, 4.69) is 64.9 Å². The number of benzene rings is 2. The van der Waals surface area contributed by atoms with Crippen molar-refractivity contribution in [1.82, 2.24) is 9.80 Å². The molecule has 3 heteroatoms. The largest absolute Gasteiger partial charge is 0.392 e. The lowest BCUT2D eigenvalue weighted by Gasteiger charge is -2.40. The fourth-order valence-corrected chi connectivity index (χ4v) is 5.15. The molecule has 3 nitrogen and oxygen atoms in total. The smallest absolute Gasteiger partial charge is 0.0667 e. The van der Waals surface area contributed by atoms with Crippen LogP contribution >= 0.6 is 0 Å². The van der Waals surface area contributed by atoms with Crippen LogP contribution in [0.5, 0.6) is 0 Å². The number of fused-ring (bicyclic) bond motifs is 2. The molecule has 4 rings (SSSR count). The van der Waals surface area contributed by atoms with Crippen LogP contribution in [0, 0.1) is 0 Å². The number of β-amino-alcohol motifs (C(OH)–C–C–N with tert-alkyl or cyclic N) is 1. The first-order valence-corrected chi connectivity index (χ1v) is 11.7. The van der Waals surface area contributed by atoms with Crippen LogP contribution in [0.25, 0.3) is 0 Å². The van der Waals surface area contributed by atoms with Crippen molar-refractivity contribution in [3.8, 4) is 0 Å². The van der Waals surface area contributed by atoms with Gasteiger partial charge in [0.1, 0.15) is 0 Å². The van der Waals surface area contributed by atoms with Gasteiger partial charge in [0.2, 0.25) is 0 Å². The van der Waals surface area contributed by atoms with Crippen molar-refractivity contribution in [3.05, 3.63) is 83.4 Å². The lowest BCUT2D eigenvalue weighted by Crippen LogP contribution is -2.49. The van der Waals surface area contributed by atoms with Crippen molar-refractivity contribution >= 4 is 0 Å². The van der Waals surface area contributed by atoms with E-state index in [9.17, 15) is 5.11 Å². The van der Waals surface area contributed by atoms with E-state index in [1.165, 1.54) is 22.3 Å². The summed E-state index contributed by atoms with van der Waals surface area (Å²) >= 11 is 0. The maximum absolute atomic E-state index is 10.4. The number of nitrogens with zero attached hydrogens (tertiary/aromatic N) is 2. The summed E-state index contributed by atoms with van der Waals surface area (Å²) in [6.07, 6.45) is 8.18. The van der Waals surface area contributed by atoms with Crippen molar-refractivity contribution < 1.29 is 5.11 Å². The van der Waals surface area contributed by atoms with Gasteiger partial charge < -0.3 is 5.11 Å². The van der Waals surface area contributed by atoms with Crippen LogP contribution in [-0.4, -0.2) is 53.7 Å². The third kappa shape index (κ3) is 5.03. The standard InChI is InChI=1S/C27H36N2O/c1-2-3-4-5-12-24(30)21-28-17-19-29(20-18-28)27-25-13-8-6-10-22(25)15-16-23-11-7-9-14-26(23)27/h2,6-11,13-14,24,27,30H,1,3-5,12,15-21H2. The highest BCUT2D eigenvalue weighted by atomic mass is 16.3. The van der Waals surface area contributed by atoms with Gasteiger partial charge in [-0.3, -0.25) is 9.80 Å². The zero-order valence-corrected chi connectivity index (χ0v) is 18.2. The summed E-state index contributed by atoms with van der Waals surface area (Å²) < 4.78 is 0. The summed E-state index contributed by atoms with van der Waals surface area (Å²) in [7, 11) is 0. The van der Waals surface area contributed by atoms with E-state index in [1.807, 2.05) is 6.08 Å². The zero-order valence-electron chi connectivity index (χ0n) is 18.2. The van der Waals surface area contributed by atoms with Gasteiger partial charge in [0, 0.05) is 32.7 Å². The average molecular weight is 405 g/mol. The van der Waals surface area contributed by atoms with Crippen LogP contribution in [-0.2, 0) is 12.8 Å². The Labute approximate surface area is 182 Å². The highest BCUT2D eigenvalue weighted by molar-refractivity contribution is 5.44. The fraction of sp³-hybridized carbons (Fsp3) is 0.481. The molecule has 0 spiro atoms. The molecule has 2 aliphatic rings. The topological polar surface area (TPSA) is 26.7 Å². The second-order valence-electron chi connectivity index (χ2n) is 8.86. The molecule has 1 heterocycles. The number of piperazine rings is 1. The molecule has 0 bridgehead atoms. The maximum atomic E-state index is 10.4. The van der Waals surface area contributed by atoms with Crippen LogP contribution < -0.4 is 0 Å². The molecule has 0 amide bonds. The van der Waals surface area contributed by atoms with Gasteiger partial charge in [0.15, 0.2) is 0 Å². The molecule has 160 valence electrons. The first-order valence-electron chi connectivity index (χ1n) is 11.7. The second kappa shape index (κ2) is 10.4. The molecule has 0 aromatic heterocycles. The molecule has 0 radical (unpaired) electrons. The first-order chi connectivity index (χ1) is 14.8. The molecular weight excluding hydrogens is 368 g/mol. The molecule has 30 heavy (non-hydrogen) atoms. The number of aliphatic hydroxyl groups excluding tert-OH is 1. The predicted octanol–water partition coefficient (Wildman–Crippen LogP) is 4.60. The Morgan fingerprint density at radius 2 is 1.50 bits per heavy atom. The van der Waals surface area contributed by atoms with E-state index in [4.69, 9.17) is 0 Å². The van der Waals surface area contributed by atoms with Crippen molar-refractivity contribution in [2.75, 3.05) is 32.7 Å². The molecule has 1 N–H and O–H groups in total. The Bertz CT molecular complexity index is 778. The third-order valence-electron chi connectivity index (χ3n) is 6.80. The van der Waals surface area contributed by atoms with Gasteiger partial charge in [-0.2, -0.15) is 0 Å². The molecule has 1 fully saturated rings. The van der Waals surface area contributed by atoms with Crippen LogP contribution in [0.4, 0.5) is 0 Å². The number of hydrogen-bond donors (Lipinski definition) is 1. The van der Waals surface area contributed by atoms with E-state index in [-0.39, 0.29) is 6.10 Å². The normalized spacial score (nSPS) is 19.0. The van der Waals surface area contributed by atoms with Gasteiger partial charge in [-0.15, -0.1) is 6.58 Å². The van der Waals surface area contributed by atoms with Gasteiger partial charge in [0.05, 0.1) is 12.1 Å². The Morgan fingerprint density at radius 1 is 0.900 bits per heavy atom. The lowest BCUT2D eigenvalue weighted by atomic mass is 9.92. The Balaban J connectivity index is 1.42. The highest BCUT2D eigenvalue weighted by Crippen LogP contribution is 2.37. The zero-order chi connectivity index (χ0) is 20.8. The molecular formula is C27H36N2O. The van der Waals surface area contributed by atoms with Crippen LogP contribution in [0.2, 0.25) is 0 Å². The van der Waals surface area contributed by atoms with Crippen molar-refractivity contribution in [1.29, 1.82) is 0 Å². The van der Waals surface area contributed by atoms with Gasteiger partial charge in [0.25, 0.3) is 0 Å². The summed E-state index contributed by atoms with van der Waals surface area (Å²) in [6.45, 7) is 8.75. The highest BCUT2D eigenvalue weighted by Gasteiger charge is 2.31. The number of hydrogen-bond acceptors (Lipinski definition) is 3. The van der Waals surface area contributed by atoms with E-state index in [1.54, 1.807) is 0 Å². The fourth-order valence-electron chi connectivity index (χ4n) is 5.15. The maximum Gasteiger partial charge on any atom is 0.0667 e. The number of allylic oxidation sites excluding steroid dienone is 1. The van der Waals surface area contributed by atoms with E-state index in [0.29, 0.717) is 6.04 Å². The van der Waals surface area contributed by atoms with Crippen molar-refractivity contribution in [2.45, 2.75) is 50.7 Å². The molecule has 1 atom stereocenters. The van der Waals surface area contributed by atoms with E-state index >= 15 is 0 Å². The minimum absolute atomic E-state index is 0.208.